The molecule has 0 aromatic carbocycles. The highest BCUT2D eigenvalue weighted by molar-refractivity contribution is 6.04. The second-order valence-corrected chi connectivity index (χ2v) is 10.2. The largest absolute Gasteiger partial charge is 0.367 e. The lowest BCUT2D eigenvalue weighted by atomic mass is 9.97. The summed E-state index contributed by atoms with van der Waals surface area (Å²) in [6.45, 7) is 7.74. The van der Waals surface area contributed by atoms with Gasteiger partial charge in [-0.1, -0.05) is 46.0 Å². The molecule has 4 rings (SSSR count). The van der Waals surface area contributed by atoms with Crippen molar-refractivity contribution in [3.63, 3.8) is 0 Å². The first-order valence-corrected chi connectivity index (χ1v) is 12.6. The van der Waals surface area contributed by atoms with Crippen molar-refractivity contribution < 1.29 is 4.79 Å². The smallest absolute Gasteiger partial charge is 0.272 e. The average molecular weight is 441 g/mol. The maximum Gasteiger partial charge on any atom is 0.272 e. The number of nitrogens with zero attached hydrogens (tertiary/aromatic N) is 4. The van der Waals surface area contributed by atoms with Gasteiger partial charge in [0.2, 0.25) is 0 Å². The average Bonchev–Trinajstić information content (AvgIpc) is 3.07. The summed E-state index contributed by atoms with van der Waals surface area (Å²) in [5.41, 5.74) is 1.25. The molecule has 0 spiro atoms. The zero-order chi connectivity index (χ0) is 22.5. The van der Waals surface area contributed by atoms with E-state index in [9.17, 15) is 4.79 Å². The molecule has 1 saturated heterocycles. The number of amides is 1. The van der Waals surface area contributed by atoms with Gasteiger partial charge in [0, 0.05) is 38.8 Å². The number of carbonyl (C=O) groups is 1. The highest BCUT2D eigenvalue weighted by atomic mass is 16.2. The summed E-state index contributed by atoms with van der Waals surface area (Å²) in [6, 6.07) is 4.71. The van der Waals surface area contributed by atoms with E-state index in [-0.39, 0.29) is 11.9 Å². The molecule has 2 fully saturated rings. The lowest BCUT2D eigenvalue weighted by molar-refractivity contribution is 0.0903. The fraction of sp³-hybridized carbons (Fsp3) is 0.720. The Hall–Kier alpha value is -2.15. The lowest BCUT2D eigenvalue weighted by Gasteiger charge is -2.33. The predicted octanol–water partition coefficient (Wildman–Crippen LogP) is 4.34. The molecular weight excluding hydrogens is 400 g/mol. The number of hydrogen-bond acceptors (Lipinski definition) is 5. The van der Waals surface area contributed by atoms with E-state index in [0.29, 0.717) is 17.7 Å². The monoisotopic (exact) mass is 440 g/mol. The molecule has 1 aliphatic carbocycles. The fourth-order valence-corrected chi connectivity index (χ4v) is 5.22. The number of rotatable bonds is 6. The summed E-state index contributed by atoms with van der Waals surface area (Å²) in [7, 11) is 1.87. The molecule has 176 valence electrons. The number of likely N-dealkylation sites (tertiary alicyclic amines) is 1. The van der Waals surface area contributed by atoms with E-state index < -0.39 is 0 Å². The van der Waals surface area contributed by atoms with E-state index in [2.05, 4.69) is 34.5 Å². The fourth-order valence-electron chi connectivity index (χ4n) is 5.22. The van der Waals surface area contributed by atoms with Gasteiger partial charge in [0.25, 0.3) is 5.91 Å². The molecule has 2 aliphatic rings. The molecule has 2 aromatic heterocycles. The molecule has 1 saturated carbocycles. The maximum absolute atomic E-state index is 13.0. The number of carbonyl (C=O) groups excluding carboxylic acids is 1. The number of piperidine rings is 1. The van der Waals surface area contributed by atoms with Gasteiger partial charge >= 0.3 is 0 Å². The van der Waals surface area contributed by atoms with Crippen LogP contribution in [0.2, 0.25) is 0 Å². The van der Waals surface area contributed by atoms with Crippen LogP contribution < -0.4 is 10.6 Å². The zero-order valence-electron chi connectivity index (χ0n) is 20.1. The van der Waals surface area contributed by atoms with Crippen LogP contribution in [-0.2, 0) is 7.05 Å². The first kappa shape index (κ1) is 23.0. The van der Waals surface area contributed by atoms with Gasteiger partial charge in [0.15, 0.2) is 11.3 Å². The van der Waals surface area contributed by atoms with E-state index in [0.717, 1.165) is 49.3 Å². The molecule has 0 radical (unpaired) electrons. The third-order valence-electron chi connectivity index (χ3n) is 6.91. The highest BCUT2D eigenvalue weighted by Crippen LogP contribution is 2.23. The van der Waals surface area contributed by atoms with Gasteiger partial charge < -0.3 is 15.5 Å². The van der Waals surface area contributed by atoms with Crippen molar-refractivity contribution >= 4 is 22.8 Å². The maximum atomic E-state index is 13.0. The first-order valence-electron chi connectivity index (χ1n) is 12.6. The second-order valence-electron chi connectivity index (χ2n) is 10.2. The summed E-state index contributed by atoms with van der Waals surface area (Å²) in [4.78, 5) is 20.3. The Morgan fingerprint density at radius 1 is 1.03 bits per heavy atom. The van der Waals surface area contributed by atoms with Crippen molar-refractivity contribution in [1.82, 2.24) is 25.0 Å². The van der Waals surface area contributed by atoms with Gasteiger partial charge in [-0.05, 0) is 43.7 Å². The molecule has 1 aliphatic heterocycles. The molecule has 32 heavy (non-hydrogen) atoms. The number of anilines is 1. The Balaban J connectivity index is 1.39. The van der Waals surface area contributed by atoms with Gasteiger partial charge in [-0.25, -0.2) is 9.67 Å². The van der Waals surface area contributed by atoms with Gasteiger partial charge in [0.05, 0.1) is 5.39 Å². The predicted molar refractivity (Wildman–Crippen MR) is 130 cm³/mol. The minimum Gasteiger partial charge on any atom is -0.367 e. The zero-order valence-corrected chi connectivity index (χ0v) is 20.1. The number of aromatic nitrogens is 3. The topological polar surface area (TPSA) is 75.1 Å². The van der Waals surface area contributed by atoms with Crippen LogP contribution in [-0.4, -0.2) is 57.3 Å². The minimum atomic E-state index is -0.0829. The lowest BCUT2D eigenvalue weighted by Crippen LogP contribution is -2.45. The van der Waals surface area contributed by atoms with E-state index in [1.165, 1.54) is 44.9 Å². The third kappa shape index (κ3) is 5.80. The van der Waals surface area contributed by atoms with Crippen LogP contribution >= 0.6 is 0 Å². The SMILES string of the molecule is CC(C)CN1CCC(NC(=O)c2nn(C)c3nc(NC4CCCCCCC4)ccc23)CC1. The molecule has 0 atom stereocenters. The van der Waals surface area contributed by atoms with Gasteiger partial charge in [-0.3, -0.25) is 4.79 Å². The van der Waals surface area contributed by atoms with Gasteiger partial charge in [-0.2, -0.15) is 5.10 Å². The van der Waals surface area contributed by atoms with Gasteiger partial charge in [-0.15, -0.1) is 0 Å². The van der Waals surface area contributed by atoms with Crippen molar-refractivity contribution in [2.24, 2.45) is 13.0 Å². The number of nitrogens with one attached hydrogen (secondary N) is 2. The van der Waals surface area contributed by atoms with Gasteiger partial charge in [0.1, 0.15) is 5.82 Å². The molecule has 7 heteroatoms. The summed E-state index contributed by atoms with van der Waals surface area (Å²) < 4.78 is 1.73. The third-order valence-corrected chi connectivity index (χ3v) is 6.91. The molecule has 7 nitrogen and oxygen atoms in total. The van der Waals surface area contributed by atoms with E-state index >= 15 is 0 Å². The number of pyridine rings is 1. The standard InChI is InChI=1S/C25H40N6O/c1-18(2)17-31-15-13-20(14-16-31)27-25(32)23-21-11-12-22(28-24(21)30(3)29-23)26-19-9-7-5-4-6-8-10-19/h11-12,18-20H,4-10,13-17H2,1-3H3,(H,26,28)(H,27,32). The molecule has 2 aromatic rings. The number of hydrogen-bond donors (Lipinski definition) is 2. The number of fused-ring (bicyclic) bond motifs is 1. The molecular formula is C25H40N6O. The first-order chi connectivity index (χ1) is 15.5. The van der Waals surface area contributed by atoms with E-state index in [1.54, 1.807) is 4.68 Å². The Morgan fingerprint density at radius 2 is 1.72 bits per heavy atom. The summed E-state index contributed by atoms with van der Waals surface area (Å²) in [5, 5.41) is 12.2. The van der Waals surface area contributed by atoms with Crippen LogP contribution in [0.1, 0.15) is 82.1 Å². The van der Waals surface area contributed by atoms with Crippen molar-refractivity contribution in [2.75, 3.05) is 25.0 Å². The molecule has 1 amide bonds. The summed E-state index contributed by atoms with van der Waals surface area (Å²) in [6.07, 6.45) is 11.0. The molecule has 2 N–H and O–H groups in total. The summed E-state index contributed by atoms with van der Waals surface area (Å²) >= 11 is 0. The van der Waals surface area contributed by atoms with Crippen molar-refractivity contribution in [2.45, 2.75) is 83.7 Å². The Kier molecular flexibility index (Phi) is 7.66. The minimum absolute atomic E-state index is 0.0829. The Labute approximate surface area is 192 Å². The normalized spacial score (nSPS) is 19.8. The van der Waals surface area contributed by atoms with Crippen LogP contribution in [0, 0.1) is 5.92 Å². The van der Waals surface area contributed by atoms with Crippen LogP contribution in [0.25, 0.3) is 11.0 Å². The van der Waals surface area contributed by atoms with Crippen LogP contribution in [0.4, 0.5) is 5.82 Å². The highest BCUT2D eigenvalue weighted by Gasteiger charge is 2.24. The van der Waals surface area contributed by atoms with Crippen LogP contribution in [0.15, 0.2) is 12.1 Å². The number of aryl methyl sites for hydroxylation is 1. The molecule has 0 unspecified atom stereocenters. The van der Waals surface area contributed by atoms with Crippen LogP contribution in [0.5, 0.6) is 0 Å². The summed E-state index contributed by atoms with van der Waals surface area (Å²) in [5.74, 6) is 1.48. The van der Waals surface area contributed by atoms with Crippen molar-refractivity contribution in [3.8, 4) is 0 Å². The molecule has 0 bridgehead atoms. The molecule has 3 heterocycles. The van der Waals surface area contributed by atoms with E-state index in [4.69, 9.17) is 4.98 Å². The van der Waals surface area contributed by atoms with Crippen LogP contribution in [0.3, 0.4) is 0 Å². The Morgan fingerprint density at radius 3 is 2.41 bits per heavy atom. The van der Waals surface area contributed by atoms with Crippen molar-refractivity contribution in [3.05, 3.63) is 17.8 Å². The van der Waals surface area contributed by atoms with Crippen molar-refractivity contribution in [1.29, 1.82) is 0 Å². The quantitative estimate of drug-likeness (QED) is 0.699. The van der Waals surface area contributed by atoms with E-state index in [1.807, 2.05) is 19.2 Å². The second kappa shape index (κ2) is 10.6. The Bertz CT molecular complexity index is 891.